The molecule has 3 heterocycles. The minimum atomic E-state index is -0.230. The second kappa shape index (κ2) is 8.93. The molecule has 7 nitrogen and oxygen atoms in total. The van der Waals surface area contributed by atoms with E-state index in [4.69, 9.17) is 0 Å². The van der Waals surface area contributed by atoms with Crippen LogP contribution < -0.4 is 10.2 Å². The van der Waals surface area contributed by atoms with Crippen molar-refractivity contribution in [2.75, 3.05) is 43.4 Å². The average molecular weight is 408 g/mol. The van der Waals surface area contributed by atoms with Crippen LogP contribution in [0.25, 0.3) is 0 Å². The molecule has 158 valence electrons. The van der Waals surface area contributed by atoms with Crippen molar-refractivity contribution in [3.8, 4) is 0 Å². The fourth-order valence-corrected chi connectivity index (χ4v) is 4.38. The van der Waals surface area contributed by atoms with Gasteiger partial charge in [-0.3, -0.25) is 19.4 Å². The second-order valence-electron chi connectivity index (χ2n) is 8.01. The lowest BCUT2D eigenvalue weighted by Gasteiger charge is -2.28. The molecule has 1 saturated heterocycles. The zero-order valence-corrected chi connectivity index (χ0v) is 17.7. The molecule has 0 radical (unpaired) electrons. The normalized spacial score (nSPS) is 18.7. The Hall–Kier alpha value is -2.77. The van der Waals surface area contributed by atoms with Crippen molar-refractivity contribution in [1.29, 1.82) is 0 Å². The van der Waals surface area contributed by atoms with E-state index in [0.717, 1.165) is 26.1 Å². The highest BCUT2D eigenvalue weighted by Crippen LogP contribution is 2.36. The van der Waals surface area contributed by atoms with Crippen LogP contribution in [-0.2, 0) is 4.79 Å². The van der Waals surface area contributed by atoms with E-state index in [1.165, 1.54) is 12.8 Å². The highest BCUT2D eigenvalue weighted by atomic mass is 16.2. The van der Waals surface area contributed by atoms with Crippen LogP contribution in [0.15, 0.2) is 42.6 Å². The van der Waals surface area contributed by atoms with Gasteiger partial charge in [0.15, 0.2) is 5.82 Å². The highest BCUT2D eigenvalue weighted by Gasteiger charge is 2.31. The van der Waals surface area contributed by atoms with Crippen molar-refractivity contribution < 1.29 is 9.59 Å². The van der Waals surface area contributed by atoms with Gasteiger partial charge in [0.05, 0.1) is 23.5 Å². The molecule has 1 fully saturated rings. The van der Waals surface area contributed by atoms with Gasteiger partial charge >= 0.3 is 0 Å². The number of likely N-dealkylation sites (N-methyl/N-ethyl adjacent to an activating group) is 1. The van der Waals surface area contributed by atoms with Gasteiger partial charge in [-0.2, -0.15) is 0 Å². The molecule has 30 heavy (non-hydrogen) atoms. The van der Waals surface area contributed by atoms with E-state index in [-0.39, 0.29) is 18.4 Å². The molecule has 2 aliphatic rings. The zero-order valence-electron chi connectivity index (χ0n) is 17.7. The molecule has 0 aliphatic carbocycles. The summed E-state index contributed by atoms with van der Waals surface area (Å²) in [5.41, 5.74) is 1.59. The van der Waals surface area contributed by atoms with Crippen molar-refractivity contribution in [3.63, 3.8) is 0 Å². The zero-order chi connectivity index (χ0) is 21.1. The number of anilines is 3. The van der Waals surface area contributed by atoms with Gasteiger partial charge in [-0.1, -0.05) is 19.1 Å². The Morgan fingerprint density at radius 3 is 2.87 bits per heavy atom. The van der Waals surface area contributed by atoms with Gasteiger partial charge in [-0.05, 0) is 63.7 Å². The first-order valence-electron chi connectivity index (χ1n) is 10.7. The number of carbonyl (C=O) groups excluding carboxylic acids is 2. The van der Waals surface area contributed by atoms with Gasteiger partial charge in [0.2, 0.25) is 5.91 Å². The molecular weight excluding hydrogens is 378 g/mol. The summed E-state index contributed by atoms with van der Waals surface area (Å²) in [6, 6.07) is 11.3. The molecule has 1 atom stereocenters. The van der Waals surface area contributed by atoms with Gasteiger partial charge in [0.1, 0.15) is 0 Å². The minimum absolute atomic E-state index is 0.0828. The summed E-state index contributed by atoms with van der Waals surface area (Å²) in [4.78, 5) is 36.8. The van der Waals surface area contributed by atoms with E-state index in [9.17, 15) is 9.59 Å². The van der Waals surface area contributed by atoms with Crippen molar-refractivity contribution in [2.24, 2.45) is 0 Å². The van der Waals surface area contributed by atoms with Gasteiger partial charge in [0.25, 0.3) is 5.91 Å². The number of nitrogens with one attached hydrogen (secondary N) is 1. The molecule has 0 bridgehead atoms. The molecule has 2 amide bonds. The number of hydrogen-bond acceptors (Lipinski definition) is 5. The smallest absolute Gasteiger partial charge is 0.257 e. The molecule has 1 unspecified atom stereocenters. The first kappa shape index (κ1) is 20.5. The maximum Gasteiger partial charge on any atom is 0.257 e. The van der Waals surface area contributed by atoms with Gasteiger partial charge in [0, 0.05) is 18.8 Å². The molecule has 7 heteroatoms. The quantitative estimate of drug-likeness (QED) is 0.797. The van der Waals surface area contributed by atoms with Crippen molar-refractivity contribution in [1.82, 2.24) is 14.8 Å². The van der Waals surface area contributed by atoms with E-state index in [0.29, 0.717) is 28.8 Å². The largest absolute Gasteiger partial charge is 0.319 e. The third kappa shape index (κ3) is 4.08. The maximum atomic E-state index is 13.5. The molecule has 1 aromatic heterocycles. The Morgan fingerprint density at radius 1 is 1.27 bits per heavy atom. The molecule has 4 rings (SSSR count). The van der Waals surface area contributed by atoms with Gasteiger partial charge < -0.3 is 10.2 Å². The standard InChI is InChI=1S/C23H29N5O2/c1-3-27(15-12-17-8-7-14-26(17)2)16-21(29)28-20-11-5-4-9-18(20)23(30)25-19-10-6-13-24-22(19)28/h4-6,9-11,13,17H,3,7-8,12,14-16H2,1-2H3,(H,25,30). The maximum absolute atomic E-state index is 13.5. The monoisotopic (exact) mass is 407 g/mol. The summed E-state index contributed by atoms with van der Waals surface area (Å²) in [6.07, 6.45) is 5.18. The summed E-state index contributed by atoms with van der Waals surface area (Å²) < 4.78 is 0. The first-order valence-corrected chi connectivity index (χ1v) is 10.7. The molecule has 2 aromatic rings. The number of carbonyl (C=O) groups is 2. The highest BCUT2D eigenvalue weighted by molar-refractivity contribution is 6.17. The first-order chi connectivity index (χ1) is 14.6. The minimum Gasteiger partial charge on any atom is -0.319 e. The van der Waals surface area contributed by atoms with Crippen LogP contribution in [0.1, 0.15) is 36.5 Å². The number of para-hydroxylation sites is 1. The Labute approximate surface area is 177 Å². The Balaban J connectivity index is 1.58. The van der Waals surface area contributed by atoms with Crippen LogP contribution in [0, 0.1) is 0 Å². The van der Waals surface area contributed by atoms with E-state index in [1.54, 1.807) is 41.4 Å². The Kier molecular flexibility index (Phi) is 6.11. The van der Waals surface area contributed by atoms with E-state index in [1.807, 2.05) is 6.07 Å². The van der Waals surface area contributed by atoms with Crippen LogP contribution >= 0.6 is 0 Å². The summed E-state index contributed by atoms with van der Waals surface area (Å²) in [5, 5.41) is 2.88. The van der Waals surface area contributed by atoms with Crippen LogP contribution in [0.5, 0.6) is 0 Å². The number of likely N-dealkylation sites (tertiary alicyclic amines) is 1. The van der Waals surface area contributed by atoms with E-state index >= 15 is 0 Å². The number of pyridine rings is 1. The Bertz CT molecular complexity index is 931. The van der Waals surface area contributed by atoms with E-state index in [2.05, 4.69) is 34.1 Å². The lowest BCUT2D eigenvalue weighted by molar-refractivity contribution is -0.119. The second-order valence-corrected chi connectivity index (χ2v) is 8.01. The van der Waals surface area contributed by atoms with Crippen LogP contribution in [0.4, 0.5) is 17.2 Å². The number of hydrogen-bond donors (Lipinski definition) is 1. The molecule has 1 N–H and O–H groups in total. The van der Waals surface area contributed by atoms with Crippen molar-refractivity contribution in [3.05, 3.63) is 48.2 Å². The number of aromatic nitrogens is 1. The fourth-order valence-electron chi connectivity index (χ4n) is 4.38. The predicted octanol–water partition coefficient (Wildman–Crippen LogP) is 3.12. The summed E-state index contributed by atoms with van der Waals surface area (Å²) in [6.45, 7) is 5.19. The average Bonchev–Trinajstić information content (AvgIpc) is 3.11. The van der Waals surface area contributed by atoms with Crippen molar-refractivity contribution >= 4 is 29.0 Å². The third-order valence-corrected chi connectivity index (χ3v) is 6.14. The molecular formula is C23H29N5O2. The summed E-state index contributed by atoms with van der Waals surface area (Å²) >= 11 is 0. The number of fused-ring (bicyclic) bond motifs is 2. The van der Waals surface area contributed by atoms with Crippen LogP contribution in [0.3, 0.4) is 0 Å². The lowest BCUT2D eigenvalue weighted by atomic mass is 10.1. The van der Waals surface area contributed by atoms with Crippen LogP contribution in [0.2, 0.25) is 0 Å². The summed E-state index contributed by atoms with van der Waals surface area (Å²) in [7, 11) is 2.18. The SMILES string of the molecule is CCN(CCC1CCCN1C)CC(=O)N1c2ccccc2C(=O)Nc2cccnc21. The van der Waals surface area contributed by atoms with Crippen LogP contribution in [-0.4, -0.2) is 65.9 Å². The number of benzene rings is 1. The number of amides is 2. The molecule has 1 aromatic carbocycles. The third-order valence-electron chi connectivity index (χ3n) is 6.14. The Morgan fingerprint density at radius 2 is 2.10 bits per heavy atom. The summed E-state index contributed by atoms with van der Waals surface area (Å²) in [5.74, 6) is 0.152. The van der Waals surface area contributed by atoms with Gasteiger partial charge in [-0.25, -0.2) is 4.98 Å². The number of rotatable bonds is 6. The number of nitrogens with zero attached hydrogens (tertiary/aromatic N) is 4. The molecule has 0 saturated carbocycles. The topological polar surface area (TPSA) is 68.8 Å². The van der Waals surface area contributed by atoms with E-state index < -0.39 is 0 Å². The molecule has 0 spiro atoms. The van der Waals surface area contributed by atoms with Gasteiger partial charge in [-0.15, -0.1) is 0 Å². The van der Waals surface area contributed by atoms with Crippen molar-refractivity contribution in [2.45, 2.75) is 32.2 Å². The lowest BCUT2D eigenvalue weighted by Crippen LogP contribution is -2.40. The fraction of sp³-hybridized carbons (Fsp3) is 0.435. The predicted molar refractivity (Wildman–Crippen MR) is 118 cm³/mol. The molecule has 2 aliphatic heterocycles.